The number of nitrogens with one attached hydrogen (secondary N) is 1. The molecule has 2 aromatic heterocycles. The number of alkyl halides is 1. The third kappa shape index (κ3) is 7.16. The van der Waals surface area contributed by atoms with Crippen LogP contribution in [0.5, 0.6) is 11.5 Å². The fourth-order valence-electron chi connectivity index (χ4n) is 3.70. The molecule has 4 rings (SSSR count). The Hall–Kier alpha value is -3.08. The van der Waals surface area contributed by atoms with Crippen molar-refractivity contribution >= 4 is 50.6 Å². The molecule has 15 heteroatoms. The van der Waals surface area contributed by atoms with Gasteiger partial charge in [0.2, 0.25) is 0 Å². The predicted octanol–water partition coefficient (Wildman–Crippen LogP) is 4.05. The molecular weight excluding hydrogens is 604 g/mol. The van der Waals surface area contributed by atoms with Crippen molar-refractivity contribution in [1.82, 2.24) is 4.72 Å². The number of fused-ring (bicyclic) bond motifs is 1. The maximum absolute atomic E-state index is 14.2. The molecule has 10 nitrogen and oxygen atoms in total. The number of hydrogen-bond donors (Lipinski definition) is 3. The van der Waals surface area contributed by atoms with Crippen LogP contribution in [0.1, 0.15) is 16.9 Å². The highest BCUT2D eigenvalue weighted by atomic mass is 35.5. The second-order valence-corrected chi connectivity index (χ2v) is 13.5. The summed E-state index contributed by atoms with van der Waals surface area (Å²) in [5, 5.41) is 9.40. The lowest BCUT2D eigenvalue weighted by Crippen LogP contribution is -2.35. The number of thiophene rings is 1. The summed E-state index contributed by atoms with van der Waals surface area (Å²) in [7, 11) is -9.64. The number of ether oxygens (including phenoxy) is 2. The molecule has 0 fully saturated rings. The Morgan fingerprint density at radius 3 is 2.45 bits per heavy atom. The lowest BCUT2D eigenvalue weighted by atomic mass is 10.1. The van der Waals surface area contributed by atoms with Crippen LogP contribution in [-0.2, 0) is 21.1 Å². The van der Waals surface area contributed by atoms with E-state index in [1.54, 1.807) is 18.2 Å². The van der Waals surface area contributed by atoms with Gasteiger partial charge in [0.15, 0.2) is 30.4 Å². The fourth-order valence-corrected chi connectivity index (χ4v) is 7.78. The minimum Gasteiger partial charge on any atom is -0.488 e. The van der Waals surface area contributed by atoms with E-state index in [0.29, 0.717) is 40.8 Å². The lowest BCUT2D eigenvalue weighted by Gasteiger charge is -2.20. The van der Waals surface area contributed by atoms with Crippen LogP contribution in [0.2, 0.25) is 0 Å². The summed E-state index contributed by atoms with van der Waals surface area (Å²) in [4.78, 5) is 19.7. The maximum Gasteiger partial charge on any atom is 0.347 e. The quantitative estimate of drug-likeness (QED) is 0.121. The van der Waals surface area contributed by atoms with Crippen LogP contribution in [0.15, 0.2) is 71.2 Å². The Morgan fingerprint density at radius 2 is 1.80 bits per heavy atom. The summed E-state index contributed by atoms with van der Waals surface area (Å²) in [5.41, 5.74) is -0.689. The number of rotatable bonds is 12. The minimum absolute atomic E-state index is 0.179. The van der Waals surface area contributed by atoms with E-state index in [-0.39, 0.29) is 27.8 Å². The molecule has 1 atom stereocenters. The zero-order valence-corrected chi connectivity index (χ0v) is 23.9. The standard InChI is InChI=1S/C25H22ClFN3O7PS2/c26-6-10-36-21-13-19-14-24(39-23(19)15-22(21)37-11-9-30-7-2-1-3-8-30)40(34,35)29-25(38(31,32)33)17-4-5-18(16-28)20(27)12-17/h1-5,7-8,12-15,25,29H,6,9-11H2,(H-,31,32,33)/p+1. The van der Waals surface area contributed by atoms with Gasteiger partial charge in [-0.3, -0.25) is 4.57 Å². The van der Waals surface area contributed by atoms with E-state index in [1.807, 2.05) is 39.9 Å². The van der Waals surface area contributed by atoms with Gasteiger partial charge in [0, 0.05) is 22.9 Å². The fraction of sp³-hybridized carbons (Fsp3) is 0.200. The molecule has 2 heterocycles. The van der Waals surface area contributed by atoms with Gasteiger partial charge in [0.05, 0.1) is 11.4 Å². The Kier molecular flexibility index (Phi) is 9.43. The monoisotopic (exact) mass is 626 g/mol. The molecule has 0 bridgehead atoms. The van der Waals surface area contributed by atoms with E-state index >= 15 is 0 Å². The van der Waals surface area contributed by atoms with Crippen molar-refractivity contribution in [3.05, 3.63) is 83.9 Å². The van der Waals surface area contributed by atoms with E-state index in [9.17, 15) is 27.2 Å². The molecule has 0 spiro atoms. The average molecular weight is 627 g/mol. The number of nitriles is 1. The third-order valence-electron chi connectivity index (χ3n) is 5.58. The van der Waals surface area contributed by atoms with Crippen molar-refractivity contribution in [3.8, 4) is 17.6 Å². The number of nitrogens with zero attached hydrogens (tertiary/aromatic N) is 2. The number of halogens is 2. The lowest BCUT2D eigenvalue weighted by molar-refractivity contribution is -0.697. The molecule has 1 unspecified atom stereocenters. The molecule has 4 aromatic rings. The van der Waals surface area contributed by atoms with Crippen LogP contribution in [0.25, 0.3) is 10.1 Å². The van der Waals surface area contributed by atoms with Crippen molar-refractivity contribution < 1.29 is 41.2 Å². The van der Waals surface area contributed by atoms with Crippen molar-refractivity contribution in [2.24, 2.45) is 0 Å². The van der Waals surface area contributed by atoms with Crippen molar-refractivity contribution in [2.45, 2.75) is 16.5 Å². The topological polar surface area (TPSA) is 150 Å². The minimum atomic E-state index is -5.15. The highest BCUT2D eigenvalue weighted by Crippen LogP contribution is 2.51. The molecule has 0 radical (unpaired) electrons. The first kappa shape index (κ1) is 29.9. The van der Waals surface area contributed by atoms with Gasteiger partial charge < -0.3 is 19.3 Å². The van der Waals surface area contributed by atoms with E-state index in [4.69, 9.17) is 26.3 Å². The van der Waals surface area contributed by atoms with Crippen molar-refractivity contribution in [1.29, 1.82) is 5.26 Å². The van der Waals surface area contributed by atoms with Crippen LogP contribution < -0.4 is 18.8 Å². The van der Waals surface area contributed by atoms with Gasteiger partial charge in [-0.05, 0) is 35.2 Å². The number of hydrogen-bond acceptors (Lipinski definition) is 7. The largest absolute Gasteiger partial charge is 0.488 e. The van der Waals surface area contributed by atoms with Gasteiger partial charge in [-0.15, -0.1) is 22.9 Å². The number of benzene rings is 2. The number of sulfonamides is 1. The molecule has 0 aliphatic heterocycles. The normalized spacial score (nSPS) is 12.7. The van der Waals surface area contributed by atoms with Crippen molar-refractivity contribution in [3.63, 3.8) is 0 Å². The molecule has 0 saturated carbocycles. The van der Waals surface area contributed by atoms with Crippen LogP contribution in [-0.4, -0.2) is 37.3 Å². The second-order valence-electron chi connectivity index (χ2n) is 8.37. The van der Waals surface area contributed by atoms with Crippen molar-refractivity contribution in [2.75, 3.05) is 19.1 Å². The first-order valence-corrected chi connectivity index (χ1v) is 16.1. The number of pyridine rings is 1. The van der Waals surface area contributed by atoms with Crippen LogP contribution in [0.3, 0.4) is 0 Å². The van der Waals surface area contributed by atoms with Gasteiger partial charge in [-0.2, -0.15) is 9.98 Å². The average Bonchev–Trinajstić information content (AvgIpc) is 3.34. The molecule has 0 saturated heterocycles. The van der Waals surface area contributed by atoms with Crippen LogP contribution >= 0.6 is 30.5 Å². The summed E-state index contributed by atoms with van der Waals surface area (Å²) in [5.74, 6) is -2.19. The van der Waals surface area contributed by atoms with E-state index in [1.165, 1.54) is 6.07 Å². The first-order valence-electron chi connectivity index (χ1n) is 11.6. The molecule has 3 N–H and O–H groups in total. The van der Waals surface area contributed by atoms with E-state index < -0.39 is 29.2 Å². The molecular formula is C25H23ClFN3O7PS2+. The van der Waals surface area contributed by atoms with Gasteiger partial charge >= 0.3 is 7.60 Å². The predicted molar refractivity (Wildman–Crippen MR) is 146 cm³/mol. The zero-order chi connectivity index (χ0) is 28.9. The Morgan fingerprint density at radius 1 is 1.10 bits per heavy atom. The van der Waals surface area contributed by atoms with Gasteiger partial charge in [-0.25, -0.2) is 17.4 Å². The van der Waals surface area contributed by atoms with E-state index in [0.717, 1.165) is 23.5 Å². The highest BCUT2D eigenvalue weighted by molar-refractivity contribution is 7.92. The van der Waals surface area contributed by atoms with Crippen LogP contribution in [0, 0.1) is 17.1 Å². The summed E-state index contributed by atoms with van der Waals surface area (Å²) >= 11 is 6.63. The smallest absolute Gasteiger partial charge is 0.347 e. The third-order valence-corrected chi connectivity index (χ3v) is 10.00. The maximum atomic E-state index is 14.2. The molecule has 0 aliphatic rings. The summed E-state index contributed by atoms with van der Waals surface area (Å²) in [6.07, 6.45) is 3.77. The molecule has 2 aromatic carbocycles. The van der Waals surface area contributed by atoms with E-state index in [2.05, 4.69) is 0 Å². The number of aromatic nitrogens is 1. The van der Waals surface area contributed by atoms with Gasteiger partial charge in [0.25, 0.3) is 10.0 Å². The molecule has 0 aliphatic carbocycles. The molecule has 210 valence electrons. The highest BCUT2D eigenvalue weighted by Gasteiger charge is 2.36. The molecule has 40 heavy (non-hydrogen) atoms. The van der Waals surface area contributed by atoms with Crippen LogP contribution in [0.4, 0.5) is 4.39 Å². The Labute approximate surface area is 238 Å². The first-order chi connectivity index (χ1) is 19.0. The molecule has 0 amide bonds. The SMILES string of the molecule is N#Cc1ccc(C(NS(=O)(=O)c2cc3cc(OCCCl)c(OCC[n+]4ccccc4)cc3s2)P(=O)(O)O)cc1F. The Bertz CT molecular complexity index is 1710. The zero-order valence-electron chi connectivity index (χ0n) is 20.6. The summed E-state index contributed by atoms with van der Waals surface area (Å²) < 4.78 is 68.7. The second kappa shape index (κ2) is 12.6. The summed E-state index contributed by atoms with van der Waals surface area (Å²) in [6, 6.07) is 14.6. The Balaban J connectivity index is 1.64. The van der Waals surface area contributed by atoms with Gasteiger partial charge in [0.1, 0.15) is 35.1 Å². The summed E-state index contributed by atoms with van der Waals surface area (Å²) in [6.45, 7) is 1.01. The van der Waals surface area contributed by atoms with Gasteiger partial charge in [-0.1, -0.05) is 12.1 Å².